The van der Waals surface area contributed by atoms with Crippen molar-refractivity contribution >= 4 is 22.5 Å². The molecule has 0 saturated carbocycles. The van der Waals surface area contributed by atoms with Gasteiger partial charge in [0.15, 0.2) is 5.13 Å². The summed E-state index contributed by atoms with van der Waals surface area (Å²) in [5, 5.41) is 9.35. The van der Waals surface area contributed by atoms with E-state index in [4.69, 9.17) is 0 Å². The average Bonchev–Trinajstić information content (AvgIpc) is 2.89. The quantitative estimate of drug-likeness (QED) is 0.923. The van der Waals surface area contributed by atoms with E-state index in [2.05, 4.69) is 15.4 Å². The lowest BCUT2D eigenvalue weighted by molar-refractivity contribution is 0.116. The second-order valence-electron chi connectivity index (χ2n) is 5.03. The molecular formula is C13H15N5O2S. The highest BCUT2D eigenvalue weighted by Crippen LogP contribution is 2.19. The third kappa shape index (κ3) is 3.10. The molecule has 1 aliphatic heterocycles. The zero-order chi connectivity index (χ0) is 14.8. The van der Waals surface area contributed by atoms with Crippen molar-refractivity contribution in [2.45, 2.75) is 13.5 Å². The molecule has 3 rings (SSSR count). The number of anilines is 1. The van der Waals surface area contributed by atoms with Gasteiger partial charge in [0.1, 0.15) is 0 Å². The topological polar surface area (TPSA) is 80.1 Å². The molecule has 2 amide bonds. The predicted octanol–water partition coefficient (Wildman–Crippen LogP) is 1.17. The van der Waals surface area contributed by atoms with E-state index in [9.17, 15) is 9.59 Å². The summed E-state index contributed by atoms with van der Waals surface area (Å²) in [5.41, 5.74) is 0.707. The molecule has 21 heavy (non-hydrogen) atoms. The molecule has 1 saturated heterocycles. The second-order valence-corrected chi connectivity index (χ2v) is 5.93. The number of carbonyl (C=O) groups excluding carboxylic acids is 1. The molecule has 1 N–H and O–H groups in total. The molecule has 1 fully saturated rings. The molecule has 110 valence electrons. The Hall–Kier alpha value is -2.22. The zero-order valence-corrected chi connectivity index (χ0v) is 12.3. The van der Waals surface area contributed by atoms with Gasteiger partial charge in [-0.2, -0.15) is 5.10 Å². The number of carbonyl (C=O) groups is 1. The summed E-state index contributed by atoms with van der Waals surface area (Å²) >= 11 is 1.39. The minimum absolute atomic E-state index is 0.105. The highest BCUT2D eigenvalue weighted by Gasteiger charge is 2.31. The van der Waals surface area contributed by atoms with Gasteiger partial charge in [0, 0.05) is 36.7 Å². The van der Waals surface area contributed by atoms with Gasteiger partial charge in [-0.25, -0.2) is 14.5 Å². The van der Waals surface area contributed by atoms with E-state index in [1.165, 1.54) is 22.1 Å². The molecule has 2 aromatic rings. The lowest BCUT2D eigenvalue weighted by atomic mass is 10.0. The summed E-state index contributed by atoms with van der Waals surface area (Å²) in [4.78, 5) is 29.3. The summed E-state index contributed by atoms with van der Waals surface area (Å²) < 4.78 is 1.47. The number of urea groups is 1. The SMILES string of the molecule is Cc1ccc(=O)n(CC2CN(C(=O)Nc3nccs3)C2)n1. The largest absolute Gasteiger partial charge is 0.324 e. The van der Waals surface area contributed by atoms with E-state index in [-0.39, 0.29) is 17.5 Å². The van der Waals surface area contributed by atoms with Gasteiger partial charge in [-0.1, -0.05) is 0 Å². The van der Waals surface area contributed by atoms with Gasteiger partial charge in [0.2, 0.25) is 0 Å². The van der Waals surface area contributed by atoms with Crippen LogP contribution < -0.4 is 10.9 Å². The predicted molar refractivity (Wildman–Crippen MR) is 79.4 cm³/mol. The number of nitrogens with zero attached hydrogens (tertiary/aromatic N) is 4. The standard InChI is InChI=1S/C13H15N5O2S/c1-9-2-3-11(19)18(16-9)8-10-6-17(7-10)13(20)15-12-14-4-5-21-12/h2-5,10H,6-8H2,1H3,(H,14,15,20). The Labute approximate surface area is 125 Å². The number of likely N-dealkylation sites (tertiary alicyclic amines) is 1. The van der Waals surface area contributed by atoms with Crippen molar-refractivity contribution in [3.8, 4) is 0 Å². The number of thiazole rings is 1. The van der Waals surface area contributed by atoms with Gasteiger partial charge in [0.05, 0.1) is 12.2 Å². The van der Waals surface area contributed by atoms with E-state index in [1.54, 1.807) is 17.2 Å². The number of aryl methyl sites for hydroxylation is 1. The van der Waals surface area contributed by atoms with Crippen LogP contribution in [0.15, 0.2) is 28.5 Å². The fraction of sp³-hybridized carbons (Fsp3) is 0.385. The van der Waals surface area contributed by atoms with Crippen LogP contribution in [-0.2, 0) is 6.54 Å². The normalized spacial score (nSPS) is 14.8. The smallest absolute Gasteiger partial charge is 0.323 e. The molecule has 0 bridgehead atoms. The number of hydrogen-bond donors (Lipinski definition) is 1. The fourth-order valence-corrected chi connectivity index (χ4v) is 2.75. The Morgan fingerprint density at radius 3 is 3.00 bits per heavy atom. The molecule has 0 aromatic carbocycles. The molecule has 0 aliphatic carbocycles. The van der Waals surface area contributed by atoms with Crippen LogP contribution in [0.3, 0.4) is 0 Å². The van der Waals surface area contributed by atoms with Crippen LogP contribution in [0.25, 0.3) is 0 Å². The van der Waals surface area contributed by atoms with Crippen LogP contribution in [0, 0.1) is 12.8 Å². The van der Waals surface area contributed by atoms with Crippen molar-refractivity contribution in [1.82, 2.24) is 19.7 Å². The zero-order valence-electron chi connectivity index (χ0n) is 11.5. The molecule has 0 radical (unpaired) electrons. The first-order valence-corrected chi connectivity index (χ1v) is 7.50. The van der Waals surface area contributed by atoms with Gasteiger partial charge in [-0.05, 0) is 13.0 Å². The van der Waals surface area contributed by atoms with Gasteiger partial charge < -0.3 is 4.90 Å². The lowest BCUT2D eigenvalue weighted by Crippen LogP contribution is -2.53. The number of hydrogen-bond acceptors (Lipinski definition) is 5. The number of amides is 2. The molecule has 3 heterocycles. The summed E-state index contributed by atoms with van der Waals surface area (Å²) in [6.45, 7) is 3.64. The van der Waals surface area contributed by atoms with E-state index < -0.39 is 0 Å². The summed E-state index contributed by atoms with van der Waals surface area (Å²) in [6, 6.07) is 3.08. The molecule has 1 aliphatic rings. The van der Waals surface area contributed by atoms with Crippen molar-refractivity contribution < 1.29 is 4.79 Å². The van der Waals surface area contributed by atoms with Crippen molar-refractivity contribution in [3.63, 3.8) is 0 Å². The highest BCUT2D eigenvalue weighted by molar-refractivity contribution is 7.13. The molecule has 0 unspecified atom stereocenters. The molecule has 0 atom stereocenters. The van der Waals surface area contributed by atoms with Crippen molar-refractivity contribution in [2.75, 3.05) is 18.4 Å². The van der Waals surface area contributed by atoms with E-state index >= 15 is 0 Å². The van der Waals surface area contributed by atoms with Crippen molar-refractivity contribution in [2.24, 2.45) is 5.92 Å². The maximum atomic E-state index is 11.9. The number of nitrogens with one attached hydrogen (secondary N) is 1. The Morgan fingerprint density at radius 1 is 1.48 bits per heavy atom. The summed E-state index contributed by atoms with van der Waals surface area (Å²) in [7, 11) is 0. The minimum Gasteiger partial charge on any atom is -0.324 e. The molecule has 8 heteroatoms. The Balaban J connectivity index is 1.52. The van der Waals surface area contributed by atoms with Crippen LogP contribution in [0.5, 0.6) is 0 Å². The maximum absolute atomic E-state index is 11.9. The summed E-state index contributed by atoms with van der Waals surface area (Å²) in [5.74, 6) is 0.263. The van der Waals surface area contributed by atoms with E-state index in [0.717, 1.165) is 5.69 Å². The van der Waals surface area contributed by atoms with Crippen LogP contribution in [0.2, 0.25) is 0 Å². The monoisotopic (exact) mass is 305 g/mol. The number of rotatable bonds is 3. The van der Waals surface area contributed by atoms with Crippen LogP contribution in [0.1, 0.15) is 5.69 Å². The Bertz CT molecular complexity index is 691. The highest BCUT2D eigenvalue weighted by atomic mass is 32.1. The molecule has 7 nitrogen and oxygen atoms in total. The Kier molecular flexibility index (Phi) is 3.70. The fourth-order valence-electron chi connectivity index (χ4n) is 2.23. The average molecular weight is 305 g/mol. The molecule has 2 aromatic heterocycles. The van der Waals surface area contributed by atoms with Crippen LogP contribution in [0.4, 0.5) is 9.93 Å². The van der Waals surface area contributed by atoms with Crippen molar-refractivity contribution in [1.29, 1.82) is 0 Å². The van der Waals surface area contributed by atoms with Gasteiger partial charge >= 0.3 is 6.03 Å². The maximum Gasteiger partial charge on any atom is 0.323 e. The van der Waals surface area contributed by atoms with Crippen LogP contribution in [-0.4, -0.2) is 38.8 Å². The third-order valence-electron chi connectivity index (χ3n) is 3.32. The van der Waals surface area contributed by atoms with E-state index in [1.807, 2.05) is 12.3 Å². The number of aromatic nitrogens is 3. The van der Waals surface area contributed by atoms with Gasteiger partial charge in [-0.3, -0.25) is 10.1 Å². The Morgan fingerprint density at radius 2 is 2.29 bits per heavy atom. The third-order valence-corrected chi connectivity index (χ3v) is 4.01. The first-order chi connectivity index (χ1) is 10.1. The molecular weight excluding hydrogens is 290 g/mol. The lowest BCUT2D eigenvalue weighted by Gasteiger charge is -2.38. The summed E-state index contributed by atoms with van der Waals surface area (Å²) in [6.07, 6.45) is 1.65. The minimum atomic E-state index is -0.147. The molecule has 0 spiro atoms. The van der Waals surface area contributed by atoms with E-state index in [0.29, 0.717) is 24.8 Å². The van der Waals surface area contributed by atoms with Gasteiger partial charge in [-0.15, -0.1) is 11.3 Å². The van der Waals surface area contributed by atoms with Crippen molar-refractivity contribution in [3.05, 3.63) is 39.8 Å². The first kappa shape index (κ1) is 13.7. The van der Waals surface area contributed by atoms with Gasteiger partial charge in [0.25, 0.3) is 5.56 Å². The first-order valence-electron chi connectivity index (χ1n) is 6.62. The van der Waals surface area contributed by atoms with Crippen LogP contribution >= 0.6 is 11.3 Å². The second kappa shape index (κ2) is 5.65.